The van der Waals surface area contributed by atoms with E-state index in [4.69, 9.17) is 5.73 Å². The van der Waals surface area contributed by atoms with Crippen LogP contribution < -0.4 is 10.6 Å². The van der Waals surface area contributed by atoms with Crippen LogP contribution in [-0.4, -0.2) is 42.1 Å². The lowest BCUT2D eigenvalue weighted by atomic mass is 10.0. The molecule has 4 heteroatoms. The molecule has 0 unspecified atom stereocenters. The van der Waals surface area contributed by atoms with Gasteiger partial charge in [0.2, 0.25) is 0 Å². The smallest absolute Gasteiger partial charge is 0.0738 e. The number of aromatic nitrogens is 1. The van der Waals surface area contributed by atoms with Crippen LogP contribution in [0.1, 0.15) is 12.8 Å². The monoisotopic (exact) mass is 218 g/mol. The summed E-state index contributed by atoms with van der Waals surface area (Å²) in [6.45, 7) is 4.75. The fraction of sp³-hybridized carbons (Fsp3) is 0.583. The quantitative estimate of drug-likeness (QED) is 0.762. The first-order chi connectivity index (χ1) is 7.84. The van der Waals surface area contributed by atoms with Crippen molar-refractivity contribution in [2.75, 3.05) is 36.8 Å². The van der Waals surface area contributed by atoms with Crippen molar-refractivity contribution in [3.63, 3.8) is 0 Å². The number of nitrogens with zero attached hydrogens (tertiary/aromatic N) is 3. The van der Waals surface area contributed by atoms with Crippen molar-refractivity contribution in [1.29, 1.82) is 0 Å². The molecule has 1 aromatic rings. The molecule has 0 aromatic carbocycles. The second kappa shape index (κ2) is 3.94. The van der Waals surface area contributed by atoms with Crippen LogP contribution in [0.4, 0.5) is 11.4 Å². The van der Waals surface area contributed by atoms with Gasteiger partial charge in [-0.15, -0.1) is 0 Å². The molecule has 2 N–H and O–H groups in total. The van der Waals surface area contributed by atoms with Crippen molar-refractivity contribution in [3.8, 4) is 0 Å². The summed E-state index contributed by atoms with van der Waals surface area (Å²) in [6.07, 6.45) is 6.12. The average Bonchev–Trinajstić information content (AvgIpc) is 2.63. The molecule has 0 saturated carbocycles. The Bertz CT molecular complexity index is 371. The molecule has 1 aromatic heterocycles. The minimum Gasteiger partial charge on any atom is -0.396 e. The van der Waals surface area contributed by atoms with Gasteiger partial charge in [-0.25, -0.2) is 0 Å². The van der Waals surface area contributed by atoms with Crippen LogP contribution in [0.5, 0.6) is 0 Å². The third-order valence-corrected chi connectivity index (χ3v) is 3.79. The van der Waals surface area contributed by atoms with E-state index in [2.05, 4.69) is 14.8 Å². The Labute approximate surface area is 96.1 Å². The van der Waals surface area contributed by atoms with Crippen molar-refractivity contribution in [3.05, 3.63) is 18.5 Å². The fourth-order valence-corrected chi connectivity index (χ4v) is 2.86. The SMILES string of the molecule is Nc1cnccc1N1CCN2CCC1CC2. The largest absolute Gasteiger partial charge is 0.396 e. The number of fused-ring (bicyclic) bond motifs is 4. The van der Waals surface area contributed by atoms with E-state index in [9.17, 15) is 0 Å². The number of piperidine rings is 1. The van der Waals surface area contributed by atoms with Gasteiger partial charge in [0.05, 0.1) is 17.6 Å². The molecular formula is C12H18N4. The molecule has 0 aliphatic carbocycles. The van der Waals surface area contributed by atoms with Crippen LogP contribution in [0.15, 0.2) is 18.5 Å². The first-order valence-corrected chi connectivity index (χ1v) is 6.03. The normalized spacial score (nSPS) is 29.1. The fourth-order valence-electron chi connectivity index (χ4n) is 2.86. The Morgan fingerprint density at radius 1 is 1.19 bits per heavy atom. The summed E-state index contributed by atoms with van der Waals surface area (Å²) in [6, 6.07) is 2.71. The van der Waals surface area contributed by atoms with Crippen LogP contribution in [0, 0.1) is 0 Å². The lowest BCUT2D eigenvalue weighted by molar-refractivity contribution is 0.250. The minimum absolute atomic E-state index is 0.670. The van der Waals surface area contributed by atoms with Gasteiger partial charge in [-0.05, 0) is 18.9 Å². The summed E-state index contributed by atoms with van der Waals surface area (Å²) >= 11 is 0. The zero-order valence-corrected chi connectivity index (χ0v) is 9.47. The summed E-state index contributed by atoms with van der Waals surface area (Å²) in [5.74, 6) is 0. The first kappa shape index (κ1) is 9.90. The second-order valence-electron chi connectivity index (χ2n) is 4.70. The number of nitrogen functional groups attached to an aromatic ring is 1. The number of hydrogen-bond donors (Lipinski definition) is 1. The zero-order valence-electron chi connectivity index (χ0n) is 9.47. The van der Waals surface area contributed by atoms with Gasteiger partial charge in [0, 0.05) is 38.4 Å². The zero-order chi connectivity index (χ0) is 11.0. The highest BCUT2D eigenvalue weighted by atomic mass is 15.3. The number of pyridine rings is 1. The molecule has 4 nitrogen and oxygen atoms in total. The third-order valence-electron chi connectivity index (χ3n) is 3.79. The summed E-state index contributed by atoms with van der Waals surface area (Å²) in [7, 11) is 0. The topological polar surface area (TPSA) is 45.4 Å². The van der Waals surface area contributed by atoms with Crippen LogP contribution in [0.25, 0.3) is 0 Å². The predicted molar refractivity (Wildman–Crippen MR) is 65.5 cm³/mol. The van der Waals surface area contributed by atoms with E-state index in [1.165, 1.54) is 31.6 Å². The van der Waals surface area contributed by atoms with Crippen LogP contribution in [0.2, 0.25) is 0 Å². The second-order valence-corrected chi connectivity index (χ2v) is 4.70. The van der Waals surface area contributed by atoms with E-state index >= 15 is 0 Å². The molecule has 0 atom stereocenters. The summed E-state index contributed by atoms with van der Waals surface area (Å²) in [5, 5.41) is 0. The molecule has 86 valence electrons. The van der Waals surface area contributed by atoms with Gasteiger partial charge in [0.1, 0.15) is 0 Å². The Hall–Kier alpha value is -1.29. The molecule has 4 rings (SSSR count). The highest BCUT2D eigenvalue weighted by Gasteiger charge is 2.29. The van der Waals surface area contributed by atoms with Crippen molar-refractivity contribution >= 4 is 11.4 Å². The minimum atomic E-state index is 0.670. The van der Waals surface area contributed by atoms with Gasteiger partial charge < -0.3 is 15.5 Å². The predicted octanol–water partition coefficient (Wildman–Crippen LogP) is 0.948. The van der Waals surface area contributed by atoms with Crippen LogP contribution >= 0.6 is 0 Å². The molecule has 0 radical (unpaired) electrons. The van der Waals surface area contributed by atoms with Crippen LogP contribution in [-0.2, 0) is 0 Å². The van der Waals surface area contributed by atoms with Gasteiger partial charge in [-0.2, -0.15) is 0 Å². The molecular weight excluding hydrogens is 200 g/mol. The summed E-state index contributed by atoms with van der Waals surface area (Å²) in [4.78, 5) is 9.09. The van der Waals surface area contributed by atoms with Crippen molar-refractivity contribution in [2.45, 2.75) is 18.9 Å². The van der Waals surface area contributed by atoms with Gasteiger partial charge in [0.15, 0.2) is 0 Å². The van der Waals surface area contributed by atoms with E-state index in [1.807, 2.05) is 12.3 Å². The Balaban J connectivity index is 1.91. The standard InChI is InChI=1S/C12H18N4/c13-11-9-14-4-1-12(11)16-8-7-15-5-2-10(16)3-6-15/h1,4,9-10H,2-3,5-8,13H2. The van der Waals surface area contributed by atoms with E-state index in [0.717, 1.165) is 18.8 Å². The number of anilines is 2. The molecule has 3 saturated heterocycles. The van der Waals surface area contributed by atoms with Crippen molar-refractivity contribution in [1.82, 2.24) is 9.88 Å². The first-order valence-electron chi connectivity index (χ1n) is 6.03. The van der Waals surface area contributed by atoms with Crippen LogP contribution in [0.3, 0.4) is 0 Å². The lowest BCUT2D eigenvalue weighted by Gasteiger charge is -2.33. The van der Waals surface area contributed by atoms with E-state index in [-0.39, 0.29) is 0 Å². The maximum Gasteiger partial charge on any atom is 0.0738 e. The highest BCUT2D eigenvalue weighted by Crippen LogP contribution is 2.29. The lowest BCUT2D eigenvalue weighted by Crippen LogP contribution is -2.38. The molecule has 16 heavy (non-hydrogen) atoms. The number of hydrogen-bond acceptors (Lipinski definition) is 4. The van der Waals surface area contributed by atoms with E-state index in [1.54, 1.807) is 6.20 Å². The molecule has 3 aliphatic rings. The Morgan fingerprint density at radius 2 is 2.00 bits per heavy atom. The van der Waals surface area contributed by atoms with Gasteiger partial charge in [-0.3, -0.25) is 4.98 Å². The maximum atomic E-state index is 6.02. The molecule has 0 amide bonds. The molecule has 2 bridgehead atoms. The maximum absolute atomic E-state index is 6.02. The summed E-state index contributed by atoms with van der Waals surface area (Å²) < 4.78 is 0. The van der Waals surface area contributed by atoms with E-state index in [0.29, 0.717) is 6.04 Å². The molecule has 3 aliphatic heterocycles. The Morgan fingerprint density at radius 3 is 2.75 bits per heavy atom. The average molecular weight is 218 g/mol. The number of rotatable bonds is 1. The van der Waals surface area contributed by atoms with Gasteiger partial charge in [-0.1, -0.05) is 0 Å². The van der Waals surface area contributed by atoms with Gasteiger partial charge >= 0.3 is 0 Å². The van der Waals surface area contributed by atoms with Gasteiger partial charge in [0.25, 0.3) is 0 Å². The van der Waals surface area contributed by atoms with Crippen molar-refractivity contribution in [2.24, 2.45) is 0 Å². The van der Waals surface area contributed by atoms with Crippen molar-refractivity contribution < 1.29 is 0 Å². The molecule has 4 heterocycles. The highest BCUT2D eigenvalue weighted by molar-refractivity contribution is 5.66. The summed E-state index contributed by atoms with van der Waals surface area (Å²) in [5.41, 5.74) is 7.99. The molecule has 3 fully saturated rings. The third kappa shape index (κ3) is 1.63. The number of nitrogens with two attached hydrogens (primary N) is 1. The van der Waals surface area contributed by atoms with E-state index < -0.39 is 0 Å². The molecule has 0 spiro atoms. The Kier molecular flexibility index (Phi) is 2.44.